The van der Waals surface area contributed by atoms with Crippen molar-refractivity contribution in [1.29, 1.82) is 0 Å². The molecule has 2 heterocycles. The predicted octanol–water partition coefficient (Wildman–Crippen LogP) is 1.25. The standard InChI is InChI=1S/C17H21N5O/c23-17(21-9-7-20(8-10-21)15-5-6-15)16-4-2-1-3-14(16)11-22-13-18-12-19-22/h1-4,12-13,15H,5-11H2. The molecule has 1 aromatic heterocycles. The Morgan fingerprint density at radius 3 is 2.61 bits per heavy atom. The third kappa shape index (κ3) is 3.12. The molecule has 1 saturated heterocycles. The highest BCUT2D eigenvalue weighted by atomic mass is 16.2. The summed E-state index contributed by atoms with van der Waals surface area (Å²) in [6.07, 6.45) is 5.85. The van der Waals surface area contributed by atoms with Gasteiger partial charge in [0.2, 0.25) is 0 Å². The van der Waals surface area contributed by atoms with Crippen LogP contribution in [0, 0.1) is 0 Å². The molecule has 120 valence electrons. The fourth-order valence-corrected chi connectivity index (χ4v) is 3.26. The van der Waals surface area contributed by atoms with Crippen LogP contribution in [-0.2, 0) is 6.54 Å². The van der Waals surface area contributed by atoms with Crippen molar-refractivity contribution in [3.8, 4) is 0 Å². The van der Waals surface area contributed by atoms with Crippen molar-refractivity contribution < 1.29 is 4.79 Å². The van der Waals surface area contributed by atoms with Gasteiger partial charge in [0, 0.05) is 37.8 Å². The van der Waals surface area contributed by atoms with Gasteiger partial charge in [0.05, 0.1) is 6.54 Å². The van der Waals surface area contributed by atoms with Crippen molar-refractivity contribution in [1.82, 2.24) is 24.6 Å². The van der Waals surface area contributed by atoms with Crippen LogP contribution < -0.4 is 0 Å². The quantitative estimate of drug-likeness (QED) is 0.853. The minimum atomic E-state index is 0.135. The van der Waals surface area contributed by atoms with Gasteiger partial charge in [-0.25, -0.2) is 9.67 Å². The Labute approximate surface area is 135 Å². The Morgan fingerprint density at radius 1 is 1.13 bits per heavy atom. The maximum absolute atomic E-state index is 12.9. The summed E-state index contributed by atoms with van der Waals surface area (Å²) in [6.45, 7) is 4.23. The van der Waals surface area contributed by atoms with Gasteiger partial charge in [0.15, 0.2) is 0 Å². The average molecular weight is 311 g/mol. The smallest absolute Gasteiger partial charge is 0.254 e. The monoisotopic (exact) mass is 311 g/mol. The van der Waals surface area contributed by atoms with E-state index in [2.05, 4.69) is 15.0 Å². The van der Waals surface area contributed by atoms with E-state index in [1.807, 2.05) is 29.2 Å². The van der Waals surface area contributed by atoms with Gasteiger partial charge >= 0.3 is 0 Å². The molecule has 0 atom stereocenters. The highest BCUT2D eigenvalue weighted by Crippen LogP contribution is 2.27. The van der Waals surface area contributed by atoms with Crippen molar-refractivity contribution in [3.05, 3.63) is 48.0 Å². The minimum absolute atomic E-state index is 0.135. The van der Waals surface area contributed by atoms with E-state index in [1.165, 1.54) is 19.2 Å². The van der Waals surface area contributed by atoms with Crippen molar-refractivity contribution in [3.63, 3.8) is 0 Å². The first-order chi connectivity index (χ1) is 11.3. The number of benzene rings is 1. The van der Waals surface area contributed by atoms with Gasteiger partial charge in [-0.15, -0.1) is 0 Å². The van der Waals surface area contributed by atoms with E-state index in [0.717, 1.165) is 43.3 Å². The summed E-state index contributed by atoms with van der Waals surface area (Å²) in [5, 5.41) is 4.13. The number of hydrogen-bond donors (Lipinski definition) is 0. The van der Waals surface area contributed by atoms with Gasteiger partial charge in [0.25, 0.3) is 5.91 Å². The lowest BCUT2D eigenvalue weighted by molar-refractivity contribution is 0.0626. The third-order valence-corrected chi connectivity index (χ3v) is 4.71. The molecule has 1 amide bonds. The van der Waals surface area contributed by atoms with Crippen LogP contribution in [0.15, 0.2) is 36.9 Å². The molecule has 1 aliphatic carbocycles. The molecule has 1 aromatic carbocycles. The zero-order chi connectivity index (χ0) is 15.6. The number of carbonyl (C=O) groups is 1. The number of piperazine rings is 1. The molecule has 0 N–H and O–H groups in total. The third-order valence-electron chi connectivity index (χ3n) is 4.71. The molecule has 23 heavy (non-hydrogen) atoms. The van der Waals surface area contributed by atoms with Crippen molar-refractivity contribution >= 4 is 5.91 Å². The van der Waals surface area contributed by atoms with Crippen molar-refractivity contribution in [2.75, 3.05) is 26.2 Å². The molecule has 2 fully saturated rings. The van der Waals surface area contributed by atoms with Gasteiger partial charge in [-0.05, 0) is 24.5 Å². The summed E-state index contributed by atoms with van der Waals surface area (Å²) in [4.78, 5) is 21.4. The summed E-state index contributed by atoms with van der Waals surface area (Å²) >= 11 is 0. The van der Waals surface area contributed by atoms with E-state index < -0.39 is 0 Å². The Bertz CT molecular complexity index is 672. The van der Waals surface area contributed by atoms with E-state index in [9.17, 15) is 4.79 Å². The SMILES string of the molecule is O=C(c1ccccc1Cn1cncn1)N1CCN(C2CC2)CC1. The maximum Gasteiger partial charge on any atom is 0.254 e. The molecule has 6 nitrogen and oxygen atoms in total. The lowest BCUT2D eigenvalue weighted by Crippen LogP contribution is -2.49. The maximum atomic E-state index is 12.9. The van der Waals surface area contributed by atoms with E-state index in [1.54, 1.807) is 11.0 Å². The van der Waals surface area contributed by atoms with Crippen molar-refractivity contribution in [2.45, 2.75) is 25.4 Å². The van der Waals surface area contributed by atoms with E-state index in [4.69, 9.17) is 0 Å². The summed E-state index contributed by atoms with van der Waals surface area (Å²) in [5.41, 5.74) is 1.77. The van der Waals surface area contributed by atoms with Crippen LogP contribution >= 0.6 is 0 Å². The zero-order valence-electron chi connectivity index (χ0n) is 13.1. The lowest BCUT2D eigenvalue weighted by Gasteiger charge is -2.35. The van der Waals surface area contributed by atoms with Crippen molar-refractivity contribution in [2.24, 2.45) is 0 Å². The number of aromatic nitrogens is 3. The summed E-state index contributed by atoms with van der Waals surface area (Å²) < 4.78 is 1.75. The Morgan fingerprint density at radius 2 is 1.91 bits per heavy atom. The predicted molar refractivity (Wildman–Crippen MR) is 86.1 cm³/mol. The molecule has 1 aliphatic heterocycles. The Kier molecular flexibility index (Phi) is 3.83. The average Bonchev–Trinajstić information content (AvgIpc) is 3.33. The zero-order valence-corrected chi connectivity index (χ0v) is 13.1. The molecule has 0 unspecified atom stereocenters. The molecule has 0 radical (unpaired) electrons. The van der Waals surface area contributed by atoms with Gasteiger partial charge in [-0.3, -0.25) is 9.69 Å². The van der Waals surface area contributed by atoms with Crippen LogP contribution in [0.2, 0.25) is 0 Å². The first-order valence-electron chi connectivity index (χ1n) is 8.25. The van der Waals surface area contributed by atoms with Crippen LogP contribution in [-0.4, -0.2) is 62.7 Å². The molecule has 0 spiro atoms. The van der Waals surface area contributed by atoms with Crippen LogP contribution in [0.25, 0.3) is 0 Å². The van der Waals surface area contributed by atoms with Gasteiger partial charge in [0.1, 0.15) is 12.7 Å². The number of hydrogen-bond acceptors (Lipinski definition) is 4. The highest BCUT2D eigenvalue weighted by molar-refractivity contribution is 5.95. The summed E-state index contributed by atoms with van der Waals surface area (Å²) in [7, 11) is 0. The second-order valence-corrected chi connectivity index (χ2v) is 6.31. The molecule has 0 bridgehead atoms. The van der Waals surface area contributed by atoms with Crippen LogP contribution in [0.3, 0.4) is 0 Å². The van der Waals surface area contributed by atoms with Crippen LogP contribution in [0.1, 0.15) is 28.8 Å². The van der Waals surface area contributed by atoms with E-state index >= 15 is 0 Å². The number of rotatable bonds is 4. The van der Waals surface area contributed by atoms with Gasteiger partial charge in [-0.1, -0.05) is 18.2 Å². The largest absolute Gasteiger partial charge is 0.336 e. The fourth-order valence-electron chi connectivity index (χ4n) is 3.26. The second kappa shape index (κ2) is 6.12. The van der Waals surface area contributed by atoms with Gasteiger partial charge in [-0.2, -0.15) is 5.10 Å². The first-order valence-corrected chi connectivity index (χ1v) is 8.25. The molecule has 1 saturated carbocycles. The molecule has 2 aliphatic rings. The summed E-state index contributed by atoms with van der Waals surface area (Å²) in [6, 6.07) is 8.59. The molecule has 6 heteroatoms. The number of carbonyl (C=O) groups excluding carboxylic acids is 1. The van der Waals surface area contributed by atoms with Gasteiger partial charge < -0.3 is 4.90 Å². The minimum Gasteiger partial charge on any atom is -0.336 e. The van der Waals surface area contributed by atoms with Crippen LogP contribution in [0.5, 0.6) is 0 Å². The molecular formula is C17H21N5O. The second-order valence-electron chi connectivity index (χ2n) is 6.31. The summed E-state index contributed by atoms with van der Waals surface area (Å²) in [5.74, 6) is 0.135. The topological polar surface area (TPSA) is 54.3 Å². The Balaban J connectivity index is 1.47. The molecular weight excluding hydrogens is 290 g/mol. The molecule has 4 rings (SSSR count). The first kappa shape index (κ1) is 14.4. The normalized spacial score (nSPS) is 19.0. The van der Waals surface area contributed by atoms with E-state index in [-0.39, 0.29) is 5.91 Å². The number of nitrogens with zero attached hydrogens (tertiary/aromatic N) is 5. The highest BCUT2D eigenvalue weighted by Gasteiger charge is 2.32. The van der Waals surface area contributed by atoms with E-state index in [0.29, 0.717) is 6.54 Å². The molecule has 2 aromatic rings. The fraction of sp³-hybridized carbons (Fsp3) is 0.471. The van der Waals surface area contributed by atoms with Crippen LogP contribution in [0.4, 0.5) is 0 Å². The lowest BCUT2D eigenvalue weighted by atomic mass is 10.1. The number of amides is 1. The Hall–Kier alpha value is -2.21.